The quantitative estimate of drug-likeness (QED) is 0.712. The Kier molecular flexibility index (Phi) is 3.80. The standard InChI is InChI=1S/C13H15FN2O3/c14-10-5-8(12(15)17)3-4-9(10)6-16-11(13(18)19)7-1-2-7/h3-5,7,11,16H,1-2,6H2,(H2,15,17)(H,18,19). The predicted octanol–water partition coefficient (Wildman–Crippen LogP) is 0.877. The molecule has 102 valence electrons. The monoisotopic (exact) mass is 266 g/mol. The van der Waals surface area contributed by atoms with Crippen LogP contribution in [0.25, 0.3) is 0 Å². The average Bonchev–Trinajstić information content (AvgIpc) is 3.15. The summed E-state index contributed by atoms with van der Waals surface area (Å²) in [5.74, 6) is -2.05. The van der Waals surface area contributed by atoms with Crippen molar-refractivity contribution in [2.24, 2.45) is 11.7 Å². The van der Waals surface area contributed by atoms with E-state index in [1.807, 2.05) is 0 Å². The molecule has 1 aliphatic carbocycles. The SMILES string of the molecule is NC(=O)c1ccc(CNC(C(=O)O)C2CC2)c(F)c1. The summed E-state index contributed by atoms with van der Waals surface area (Å²) in [5.41, 5.74) is 5.46. The first-order chi connectivity index (χ1) is 8.99. The molecule has 0 aliphatic heterocycles. The van der Waals surface area contributed by atoms with Crippen molar-refractivity contribution in [1.29, 1.82) is 0 Å². The molecule has 5 nitrogen and oxygen atoms in total. The highest BCUT2D eigenvalue weighted by atomic mass is 19.1. The summed E-state index contributed by atoms with van der Waals surface area (Å²) in [6.07, 6.45) is 1.76. The predicted molar refractivity (Wildman–Crippen MR) is 65.9 cm³/mol. The lowest BCUT2D eigenvalue weighted by Gasteiger charge is -2.14. The number of rotatable bonds is 6. The second-order valence-electron chi connectivity index (χ2n) is 4.70. The van der Waals surface area contributed by atoms with Crippen molar-refractivity contribution >= 4 is 11.9 Å². The highest BCUT2D eigenvalue weighted by Gasteiger charge is 2.35. The van der Waals surface area contributed by atoms with Crippen molar-refractivity contribution in [2.45, 2.75) is 25.4 Å². The number of carbonyl (C=O) groups is 2. The molecule has 1 aromatic carbocycles. The number of benzene rings is 1. The number of nitrogens with two attached hydrogens (primary N) is 1. The Balaban J connectivity index is 2.02. The van der Waals surface area contributed by atoms with Gasteiger partial charge in [0.05, 0.1) is 0 Å². The highest BCUT2D eigenvalue weighted by molar-refractivity contribution is 5.92. The minimum atomic E-state index is -0.920. The maximum atomic E-state index is 13.7. The Hall–Kier alpha value is -1.95. The summed E-state index contributed by atoms with van der Waals surface area (Å²) >= 11 is 0. The van der Waals surface area contributed by atoms with Gasteiger partial charge >= 0.3 is 5.97 Å². The number of halogens is 1. The molecule has 1 fully saturated rings. The number of nitrogens with one attached hydrogen (secondary N) is 1. The van der Waals surface area contributed by atoms with Gasteiger partial charge in [-0.3, -0.25) is 14.9 Å². The molecule has 1 aliphatic rings. The van der Waals surface area contributed by atoms with Gasteiger partial charge in [0.1, 0.15) is 11.9 Å². The number of carbonyl (C=O) groups excluding carboxylic acids is 1. The third kappa shape index (κ3) is 3.29. The zero-order chi connectivity index (χ0) is 14.0. The normalized spacial score (nSPS) is 16.1. The fraction of sp³-hybridized carbons (Fsp3) is 0.385. The van der Waals surface area contributed by atoms with Crippen molar-refractivity contribution in [3.05, 3.63) is 35.1 Å². The third-order valence-electron chi connectivity index (χ3n) is 3.21. The van der Waals surface area contributed by atoms with E-state index in [9.17, 15) is 14.0 Å². The van der Waals surface area contributed by atoms with Crippen LogP contribution >= 0.6 is 0 Å². The van der Waals surface area contributed by atoms with Gasteiger partial charge in [-0.25, -0.2) is 4.39 Å². The number of carboxylic acid groups (broad SMARTS) is 1. The van der Waals surface area contributed by atoms with E-state index in [1.54, 1.807) is 0 Å². The molecule has 4 N–H and O–H groups in total. The molecule has 1 amide bonds. The zero-order valence-corrected chi connectivity index (χ0v) is 10.2. The topological polar surface area (TPSA) is 92.4 Å². The van der Waals surface area contributed by atoms with Crippen LogP contribution in [0.2, 0.25) is 0 Å². The van der Waals surface area contributed by atoms with Gasteiger partial charge < -0.3 is 10.8 Å². The number of primary amides is 1. The first-order valence-electron chi connectivity index (χ1n) is 6.03. The Morgan fingerprint density at radius 2 is 2.16 bits per heavy atom. The minimum absolute atomic E-state index is 0.0956. The molecule has 6 heteroatoms. The Morgan fingerprint density at radius 3 is 2.63 bits per heavy atom. The van der Waals surface area contributed by atoms with Crippen LogP contribution in [0.1, 0.15) is 28.8 Å². The van der Waals surface area contributed by atoms with Crippen LogP contribution in [0.4, 0.5) is 4.39 Å². The van der Waals surface area contributed by atoms with E-state index in [1.165, 1.54) is 12.1 Å². The number of aliphatic carboxylic acids is 1. The maximum absolute atomic E-state index is 13.7. The van der Waals surface area contributed by atoms with Crippen molar-refractivity contribution < 1.29 is 19.1 Å². The van der Waals surface area contributed by atoms with Crippen LogP contribution in [0.5, 0.6) is 0 Å². The molecule has 0 aromatic heterocycles. The third-order valence-corrected chi connectivity index (χ3v) is 3.21. The molecular weight excluding hydrogens is 251 g/mol. The molecule has 19 heavy (non-hydrogen) atoms. The van der Waals surface area contributed by atoms with Crippen molar-refractivity contribution in [1.82, 2.24) is 5.32 Å². The first kappa shape index (κ1) is 13.5. The number of hydrogen-bond acceptors (Lipinski definition) is 3. The van der Waals surface area contributed by atoms with E-state index in [0.717, 1.165) is 18.9 Å². The molecule has 1 atom stereocenters. The van der Waals surface area contributed by atoms with Gasteiger partial charge in [0, 0.05) is 17.7 Å². The molecule has 1 saturated carbocycles. The molecule has 1 aromatic rings. The van der Waals surface area contributed by atoms with E-state index in [-0.39, 0.29) is 18.0 Å². The van der Waals surface area contributed by atoms with Crippen molar-refractivity contribution in [3.8, 4) is 0 Å². The Bertz CT molecular complexity index is 515. The maximum Gasteiger partial charge on any atom is 0.320 e. The molecular formula is C13H15FN2O3. The van der Waals surface area contributed by atoms with E-state index in [0.29, 0.717) is 5.56 Å². The Labute approximate surface area is 109 Å². The van der Waals surface area contributed by atoms with Crippen LogP contribution in [0.15, 0.2) is 18.2 Å². The largest absolute Gasteiger partial charge is 0.480 e. The van der Waals surface area contributed by atoms with Gasteiger partial charge in [-0.05, 0) is 30.9 Å². The van der Waals surface area contributed by atoms with E-state index in [2.05, 4.69) is 5.32 Å². The van der Waals surface area contributed by atoms with E-state index >= 15 is 0 Å². The summed E-state index contributed by atoms with van der Waals surface area (Å²) in [7, 11) is 0. The molecule has 1 unspecified atom stereocenters. The lowest BCUT2D eigenvalue weighted by molar-refractivity contribution is -0.140. The molecule has 0 bridgehead atoms. The van der Waals surface area contributed by atoms with Gasteiger partial charge in [0.25, 0.3) is 0 Å². The van der Waals surface area contributed by atoms with Crippen molar-refractivity contribution in [2.75, 3.05) is 0 Å². The van der Waals surface area contributed by atoms with Gasteiger partial charge in [-0.1, -0.05) is 6.07 Å². The van der Waals surface area contributed by atoms with E-state index < -0.39 is 23.7 Å². The minimum Gasteiger partial charge on any atom is -0.480 e. The second-order valence-corrected chi connectivity index (χ2v) is 4.70. The summed E-state index contributed by atoms with van der Waals surface area (Å²) in [4.78, 5) is 21.9. The fourth-order valence-electron chi connectivity index (χ4n) is 1.95. The van der Waals surface area contributed by atoms with E-state index in [4.69, 9.17) is 10.8 Å². The van der Waals surface area contributed by atoms with Gasteiger partial charge in [-0.15, -0.1) is 0 Å². The van der Waals surface area contributed by atoms with Crippen LogP contribution in [-0.4, -0.2) is 23.0 Å². The molecule has 0 saturated heterocycles. The highest BCUT2D eigenvalue weighted by Crippen LogP contribution is 2.32. The smallest absolute Gasteiger partial charge is 0.320 e. The van der Waals surface area contributed by atoms with Crippen LogP contribution in [0, 0.1) is 11.7 Å². The van der Waals surface area contributed by atoms with Crippen LogP contribution in [0.3, 0.4) is 0 Å². The first-order valence-corrected chi connectivity index (χ1v) is 6.03. The molecule has 0 spiro atoms. The lowest BCUT2D eigenvalue weighted by atomic mass is 10.1. The zero-order valence-electron chi connectivity index (χ0n) is 10.2. The lowest BCUT2D eigenvalue weighted by Crippen LogP contribution is -2.38. The summed E-state index contributed by atoms with van der Waals surface area (Å²) in [6, 6.07) is 3.28. The van der Waals surface area contributed by atoms with Gasteiger partial charge in [-0.2, -0.15) is 0 Å². The van der Waals surface area contributed by atoms with Crippen LogP contribution < -0.4 is 11.1 Å². The molecule has 2 rings (SSSR count). The number of amides is 1. The summed E-state index contributed by atoms with van der Waals surface area (Å²) in [6.45, 7) is 0.109. The molecule has 0 radical (unpaired) electrons. The summed E-state index contributed by atoms with van der Waals surface area (Å²) < 4.78 is 13.7. The fourth-order valence-corrected chi connectivity index (χ4v) is 1.95. The average molecular weight is 266 g/mol. The Morgan fingerprint density at radius 1 is 1.47 bits per heavy atom. The van der Waals surface area contributed by atoms with Crippen LogP contribution in [-0.2, 0) is 11.3 Å². The second kappa shape index (κ2) is 5.36. The van der Waals surface area contributed by atoms with Gasteiger partial charge in [0.15, 0.2) is 0 Å². The molecule has 0 heterocycles. The van der Waals surface area contributed by atoms with Gasteiger partial charge in [0.2, 0.25) is 5.91 Å². The number of hydrogen-bond donors (Lipinski definition) is 3. The van der Waals surface area contributed by atoms with Crippen molar-refractivity contribution in [3.63, 3.8) is 0 Å². The number of carboxylic acids is 1. The summed E-state index contributed by atoms with van der Waals surface area (Å²) in [5, 5.41) is 11.9.